The number of nitrogens with two attached hydrogens (primary N) is 1. The zero-order valence-electron chi connectivity index (χ0n) is 9.34. The minimum atomic E-state index is 0.490. The molecule has 4 unspecified atom stereocenters. The molecule has 0 amide bonds. The van der Waals surface area contributed by atoms with Gasteiger partial charge in [-0.05, 0) is 56.9 Å². The van der Waals surface area contributed by atoms with Crippen molar-refractivity contribution in [3.8, 4) is 0 Å². The van der Waals surface area contributed by atoms with E-state index in [2.05, 4.69) is 12.2 Å². The SMILES string of the molecule is CC1CCC(NCC2CCC(N)C2)C1. The third kappa shape index (κ3) is 2.71. The highest BCUT2D eigenvalue weighted by Gasteiger charge is 2.24. The van der Waals surface area contributed by atoms with E-state index < -0.39 is 0 Å². The van der Waals surface area contributed by atoms with Gasteiger partial charge in [0.2, 0.25) is 0 Å². The van der Waals surface area contributed by atoms with Gasteiger partial charge in [0.15, 0.2) is 0 Å². The predicted octanol–water partition coefficient (Wildman–Crippen LogP) is 1.89. The minimum absolute atomic E-state index is 0.490. The molecule has 0 aromatic heterocycles. The summed E-state index contributed by atoms with van der Waals surface area (Å²) in [5, 5.41) is 3.72. The first-order chi connectivity index (χ1) is 6.74. The van der Waals surface area contributed by atoms with Gasteiger partial charge in [-0.3, -0.25) is 0 Å². The van der Waals surface area contributed by atoms with Gasteiger partial charge < -0.3 is 11.1 Å². The number of hydrogen-bond acceptors (Lipinski definition) is 2. The summed E-state index contributed by atoms with van der Waals surface area (Å²) in [6.07, 6.45) is 8.03. The minimum Gasteiger partial charge on any atom is -0.328 e. The summed E-state index contributed by atoms with van der Waals surface area (Å²) in [6.45, 7) is 3.58. The third-order valence-corrected chi connectivity index (χ3v) is 3.97. The Bertz CT molecular complexity index is 161. The van der Waals surface area contributed by atoms with Crippen molar-refractivity contribution < 1.29 is 0 Å². The Morgan fingerprint density at radius 3 is 2.57 bits per heavy atom. The first-order valence-electron chi connectivity index (χ1n) is 6.23. The maximum atomic E-state index is 5.90. The van der Waals surface area contributed by atoms with E-state index in [1.165, 1.54) is 45.1 Å². The first kappa shape index (κ1) is 10.4. The molecule has 4 atom stereocenters. The van der Waals surface area contributed by atoms with E-state index >= 15 is 0 Å². The molecule has 0 heterocycles. The monoisotopic (exact) mass is 196 g/mol. The molecule has 2 heteroatoms. The van der Waals surface area contributed by atoms with Crippen LogP contribution < -0.4 is 11.1 Å². The lowest BCUT2D eigenvalue weighted by atomic mass is 10.1. The van der Waals surface area contributed by atoms with Crippen LogP contribution in [-0.4, -0.2) is 18.6 Å². The summed E-state index contributed by atoms with van der Waals surface area (Å²) >= 11 is 0. The van der Waals surface area contributed by atoms with E-state index in [9.17, 15) is 0 Å². The molecular formula is C12H24N2. The second kappa shape index (κ2) is 4.63. The van der Waals surface area contributed by atoms with Crippen LogP contribution in [0.4, 0.5) is 0 Å². The molecule has 3 N–H and O–H groups in total. The maximum absolute atomic E-state index is 5.90. The van der Waals surface area contributed by atoms with E-state index in [1.807, 2.05) is 0 Å². The Labute approximate surface area is 87.6 Å². The summed E-state index contributed by atoms with van der Waals surface area (Å²) in [7, 11) is 0. The second-order valence-corrected chi connectivity index (χ2v) is 5.46. The van der Waals surface area contributed by atoms with Crippen molar-refractivity contribution in [2.45, 2.75) is 57.5 Å². The first-order valence-corrected chi connectivity index (χ1v) is 6.23. The fraction of sp³-hybridized carbons (Fsp3) is 1.00. The van der Waals surface area contributed by atoms with Crippen molar-refractivity contribution in [1.82, 2.24) is 5.32 Å². The zero-order chi connectivity index (χ0) is 9.97. The van der Waals surface area contributed by atoms with Gasteiger partial charge >= 0.3 is 0 Å². The van der Waals surface area contributed by atoms with Crippen LogP contribution in [-0.2, 0) is 0 Å². The Morgan fingerprint density at radius 1 is 1.14 bits per heavy atom. The molecule has 0 aliphatic heterocycles. The largest absolute Gasteiger partial charge is 0.328 e. The van der Waals surface area contributed by atoms with E-state index in [-0.39, 0.29) is 0 Å². The average Bonchev–Trinajstić information content (AvgIpc) is 2.72. The molecule has 2 nitrogen and oxygen atoms in total. The summed E-state index contributed by atoms with van der Waals surface area (Å²) in [6, 6.07) is 1.30. The summed E-state index contributed by atoms with van der Waals surface area (Å²) < 4.78 is 0. The van der Waals surface area contributed by atoms with Crippen molar-refractivity contribution >= 4 is 0 Å². The molecule has 2 aliphatic rings. The second-order valence-electron chi connectivity index (χ2n) is 5.46. The molecule has 82 valence electrons. The van der Waals surface area contributed by atoms with E-state index in [0.717, 1.165) is 17.9 Å². The van der Waals surface area contributed by atoms with Gasteiger partial charge in [0.1, 0.15) is 0 Å². The van der Waals surface area contributed by atoms with Gasteiger partial charge in [-0.2, -0.15) is 0 Å². The zero-order valence-corrected chi connectivity index (χ0v) is 9.34. The Morgan fingerprint density at radius 2 is 2.00 bits per heavy atom. The predicted molar refractivity (Wildman–Crippen MR) is 60.1 cm³/mol. The standard InChI is InChI=1S/C12H24N2/c1-9-2-5-12(6-9)14-8-10-3-4-11(13)7-10/h9-12,14H,2-8,13H2,1H3. The van der Waals surface area contributed by atoms with Crippen molar-refractivity contribution in [2.24, 2.45) is 17.6 Å². The summed E-state index contributed by atoms with van der Waals surface area (Å²) in [5.74, 6) is 1.80. The Kier molecular flexibility index (Phi) is 3.45. The van der Waals surface area contributed by atoms with Crippen molar-refractivity contribution in [2.75, 3.05) is 6.54 Å². The lowest BCUT2D eigenvalue weighted by Gasteiger charge is -2.16. The molecule has 0 bridgehead atoms. The smallest absolute Gasteiger partial charge is 0.00698 e. The molecule has 2 fully saturated rings. The van der Waals surface area contributed by atoms with Crippen molar-refractivity contribution in [3.05, 3.63) is 0 Å². The van der Waals surface area contributed by atoms with Gasteiger partial charge in [0, 0.05) is 12.1 Å². The molecular weight excluding hydrogens is 172 g/mol. The normalized spacial score (nSPS) is 43.3. The summed E-state index contributed by atoms with van der Waals surface area (Å²) in [4.78, 5) is 0. The lowest BCUT2D eigenvalue weighted by molar-refractivity contribution is 0.424. The van der Waals surface area contributed by atoms with E-state index in [4.69, 9.17) is 5.73 Å². The van der Waals surface area contributed by atoms with Gasteiger partial charge in [-0.1, -0.05) is 6.92 Å². The fourth-order valence-electron chi connectivity index (χ4n) is 3.02. The highest BCUT2D eigenvalue weighted by Crippen LogP contribution is 2.27. The highest BCUT2D eigenvalue weighted by atomic mass is 14.9. The highest BCUT2D eigenvalue weighted by molar-refractivity contribution is 4.83. The van der Waals surface area contributed by atoms with Crippen molar-refractivity contribution in [1.29, 1.82) is 0 Å². The van der Waals surface area contributed by atoms with Crippen LogP contribution in [0.3, 0.4) is 0 Å². The van der Waals surface area contributed by atoms with Gasteiger partial charge in [0.05, 0.1) is 0 Å². The van der Waals surface area contributed by atoms with Crippen LogP contribution in [0.5, 0.6) is 0 Å². The molecule has 0 aromatic rings. The van der Waals surface area contributed by atoms with Crippen LogP contribution in [0.15, 0.2) is 0 Å². The van der Waals surface area contributed by atoms with Crippen molar-refractivity contribution in [3.63, 3.8) is 0 Å². The molecule has 2 saturated carbocycles. The lowest BCUT2D eigenvalue weighted by Crippen LogP contribution is -2.31. The number of nitrogens with one attached hydrogen (secondary N) is 1. The summed E-state index contributed by atoms with van der Waals surface area (Å²) in [5.41, 5.74) is 5.90. The molecule has 0 aromatic carbocycles. The number of rotatable bonds is 3. The molecule has 2 aliphatic carbocycles. The van der Waals surface area contributed by atoms with Gasteiger partial charge in [-0.25, -0.2) is 0 Å². The Hall–Kier alpha value is -0.0800. The maximum Gasteiger partial charge on any atom is 0.00698 e. The van der Waals surface area contributed by atoms with Crippen LogP contribution in [0, 0.1) is 11.8 Å². The van der Waals surface area contributed by atoms with Crippen LogP contribution in [0.25, 0.3) is 0 Å². The molecule has 14 heavy (non-hydrogen) atoms. The van der Waals surface area contributed by atoms with Crippen LogP contribution in [0.2, 0.25) is 0 Å². The van der Waals surface area contributed by atoms with Crippen LogP contribution >= 0.6 is 0 Å². The molecule has 2 rings (SSSR count). The fourth-order valence-corrected chi connectivity index (χ4v) is 3.02. The Balaban J connectivity index is 1.63. The van der Waals surface area contributed by atoms with Gasteiger partial charge in [-0.15, -0.1) is 0 Å². The quantitative estimate of drug-likeness (QED) is 0.723. The third-order valence-electron chi connectivity index (χ3n) is 3.97. The topological polar surface area (TPSA) is 38.0 Å². The number of hydrogen-bond donors (Lipinski definition) is 2. The molecule has 0 spiro atoms. The molecule has 0 saturated heterocycles. The van der Waals surface area contributed by atoms with E-state index in [1.54, 1.807) is 0 Å². The average molecular weight is 196 g/mol. The van der Waals surface area contributed by atoms with Gasteiger partial charge in [0.25, 0.3) is 0 Å². The molecule has 0 radical (unpaired) electrons. The van der Waals surface area contributed by atoms with Crippen LogP contribution in [0.1, 0.15) is 45.4 Å². The van der Waals surface area contributed by atoms with E-state index in [0.29, 0.717) is 6.04 Å².